The molecule has 4 heterocycles. The summed E-state index contributed by atoms with van der Waals surface area (Å²) in [7, 11) is 0. The quantitative estimate of drug-likeness (QED) is 0.223. The molecule has 0 bridgehead atoms. The molecule has 6 rings (SSSR count). The van der Waals surface area contributed by atoms with E-state index in [1.165, 1.54) is 24.1 Å². The van der Waals surface area contributed by atoms with Crippen molar-refractivity contribution in [3.8, 4) is 17.0 Å². The van der Waals surface area contributed by atoms with E-state index in [4.69, 9.17) is 14.2 Å². The van der Waals surface area contributed by atoms with Gasteiger partial charge in [-0.15, -0.1) is 21.5 Å². The van der Waals surface area contributed by atoms with E-state index in [-0.39, 0.29) is 31.1 Å². The normalized spacial score (nSPS) is 18.4. The largest absolute Gasteiger partial charge is 0.490 e. The number of allylic oxidation sites excluding steroid dienone is 3. The Morgan fingerprint density at radius 2 is 1.81 bits per heavy atom. The van der Waals surface area contributed by atoms with Crippen LogP contribution in [0.2, 0.25) is 0 Å². The van der Waals surface area contributed by atoms with Crippen LogP contribution in [0.5, 0.6) is 5.75 Å². The van der Waals surface area contributed by atoms with E-state index in [0.717, 1.165) is 60.1 Å². The minimum Gasteiger partial charge on any atom is -0.490 e. The van der Waals surface area contributed by atoms with Crippen molar-refractivity contribution in [2.45, 2.75) is 64.9 Å². The number of ether oxygens (including phenoxy) is 3. The number of hydrogen-bond donors (Lipinski definition) is 0. The molecule has 1 aromatic carbocycles. The molecule has 47 heavy (non-hydrogen) atoms. The molecule has 1 unspecified atom stereocenters. The lowest BCUT2D eigenvalue weighted by Crippen LogP contribution is -2.43. The zero-order valence-corrected chi connectivity index (χ0v) is 28.2. The third-order valence-electron chi connectivity index (χ3n) is 8.76. The van der Waals surface area contributed by atoms with Gasteiger partial charge in [-0.3, -0.25) is 4.79 Å². The third-order valence-corrected chi connectivity index (χ3v) is 9.68. The van der Waals surface area contributed by atoms with Gasteiger partial charge in [0.05, 0.1) is 24.3 Å². The molecular formula is C36H43FN4O5S. The van der Waals surface area contributed by atoms with Crippen molar-refractivity contribution in [2.75, 3.05) is 46.0 Å². The Balaban J connectivity index is 1.11. The van der Waals surface area contributed by atoms with Crippen LogP contribution in [0.3, 0.4) is 0 Å². The Kier molecular flexibility index (Phi) is 10.2. The Bertz CT molecular complexity index is 1670. The maximum Gasteiger partial charge on any atom is 0.410 e. The molecule has 0 radical (unpaired) electrons. The van der Waals surface area contributed by atoms with E-state index < -0.39 is 11.4 Å². The van der Waals surface area contributed by atoms with Gasteiger partial charge in [0.15, 0.2) is 0 Å². The van der Waals surface area contributed by atoms with Crippen LogP contribution in [-0.4, -0.2) is 83.6 Å². The van der Waals surface area contributed by atoms with Crippen LogP contribution in [0.15, 0.2) is 47.4 Å². The van der Waals surface area contributed by atoms with E-state index in [0.29, 0.717) is 43.1 Å². The smallest absolute Gasteiger partial charge is 0.410 e. The lowest BCUT2D eigenvalue weighted by atomic mass is 9.82. The first-order valence-corrected chi connectivity index (χ1v) is 17.5. The number of amides is 2. The minimum absolute atomic E-state index is 0.128. The molecule has 1 aliphatic carbocycles. The van der Waals surface area contributed by atoms with E-state index in [1.54, 1.807) is 17.4 Å². The summed E-state index contributed by atoms with van der Waals surface area (Å²) < 4.78 is 32.6. The van der Waals surface area contributed by atoms with Crippen molar-refractivity contribution in [1.82, 2.24) is 20.0 Å². The van der Waals surface area contributed by atoms with E-state index in [1.807, 2.05) is 42.0 Å². The van der Waals surface area contributed by atoms with Crippen LogP contribution in [-0.2, 0) is 14.3 Å². The highest BCUT2D eigenvalue weighted by molar-refractivity contribution is 7.17. The molecule has 3 aromatic rings. The number of benzene rings is 1. The highest BCUT2D eigenvalue weighted by atomic mass is 32.1. The van der Waals surface area contributed by atoms with Gasteiger partial charge in [0.2, 0.25) is 5.91 Å². The summed E-state index contributed by atoms with van der Waals surface area (Å²) in [6.07, 6.45) is 9.38. The predicted octanol–water partition coefficient (Wildman–Crippen LogP) is 7.27. The standard InChI is InChI=1S/C36H43FN4O5S/c1-36(2,3)46-35(43)41-16-11-24-21-25(7-8-26(24)23-41)32-29-13-20-47-34(29)33(39-38-32)28-10-9-27(37)22-30(28)45-19-18-44-17-12-31(42)40-14-5-4-6-15-40/h7,9-10,13,20-22,26H,4-6,8,11-12,14-19,23H2,1-3H3. The second kappa shape index (κ2) is 14.5. The number of rotatable bonds is 9. The van der Waals surface area contributed by atoms with Gasteiger partial charge >= 0.3 is 6.09 Å². The summed E-state index contributed by atoms with van der Waals surface area (Å²) in [5.41, 5.74) is 3.91. The number of carbonyl (C=O) groups excluding carboxylic acids is 2. The fourth-order valence-electron chi connectivity index (χ4n) is 6.40. The summed E-state index contributed by atoms with van der Waals surface area (Å²) in [6, 6.07) is 6.49. The summed E-state index contributed by atoms with van der Waals surface area (Å²) in [5.74, 6) is 0.343. The average Bonchev–Trinajstić information content (AvgIpc) is 3.55. The molecule has 3 aliphatic rings. The second-order valence-corrected chi connectivity index (χ2v) is 14.3. The Labute approximate surface area is 279 Å². The SMILES string of the molecule is CC(C)(C)OC(=O)N1CCC2=CC(c3nnc(-c4ccc(F)cc4OCCOCCC(=O)N4CCCCC4)c4sccc34)=CCC2C1. The van der Waals surface area contributed by atoms with Crippen molar-refractivity contribution in [2.24, 2.45) is 5.92 Å². The summed E-state index contributed by atoms with van der Waals surface area (Å²) >= 11 is 1.56. The first kappa shape index (κ1) is 33.1. The van der Waals surface area contributed by atoms with Gasteiger partial charge in [0, 0.05) is 49.1 Å². The topological polar surface area (TPSA) is 94.1 Å². The Morgan fingerprint density at radius 3 is 2.62 bits per heavy atom. The van der Waals surface area contributed by atoms with Crippen LogP contribution < -0.4 is 4.74 Å². The van der Waals surface area contributed by atoms with E-state index in [2.05, 4.69) is 22.3 Å². The van der Waals surface area contributed by atoms with Crippen LogP contribution in [0.4, 0.5) is 9.18 Å². The molecule has 1 atom stereocenters. The first-order chi connectivity index (χ1) is 22.7. The highest BCUT2D eigenvalue weighted by Gasteiger charge is 2.32. The molecule has 2 fully saturated rings. The average molecular weight is 663 g/mol. The van der Waals surface area contributed by atoms with Gasteiger partial charge < -0.3 is 24.0 Å². The summed E-state index contributed by atoms with van der Waals surface area (Å²) in [4.78, 5) is 28.8. The van der Waals surface area contributed by atoms with Gasteiger partial charge in [-0.2, -0.15) is 0 Å². The maximum atomic E-state index is 14.4. The number of thiophene rings is 1. The highest BCUT2D eigenvalue weighted by Crippen LogP contribution is 2.41. The fourth-order valence-corrected chi connectivity index (χ4v) is 7.29. The molecule has 0 spiro atoms. The molecular weight excluding hydrogens is 619 g/mol. The van der Waals surface area contributed by atoms with Crippen molar-refractivity contribution in [3.63, 3.8) is 0 Å². The van der Waals surface area contributed by atoms with Crippen LogP contribution in [0.25, 0.3) is 26.9 Å². The zero-order valence-electron chi connectivity index (χ0n) is 27.4. The van der Waals surface area contributed by atoms with Gasteiger partial charge in [0.25, 0.3) is 0 Å². The predicted molar refractivity (Wildman–Crippen MR) is 181 cm³/mol. The Hall–Kier alpha value is -3.83. The number of aromatic nitrogens is 2. The van der Waals surface area contributed by atoms with Gasteiger partial charge in [-0.1, -0.05) is 17.7 Å². The van der Waals surface area contributed by atoms with Gasteiger partial charge in [-0.05, 0) is 82.0 Å². The number of halogens is 1. The summed E-state index contributed by atoms with van der Waals surface area (Å²) in [6.45, 7) is 9.39. The second-order valence-electron chi connectivity index (χ2n) is 13.3. The van der Waals surface area contributed by atoms with Crippen molar-refractivity contribution in [1.29, 1.82) is 0 Å². The maximum absolute atomic E-state index is 14.4. The summed E-state index contributed by atoms with van der Waals surface area (Å²) in [5, 5.41) is 12.3. The first-order valence-electron chi connectivity index (χ1n) is 16.6. The lowest BCUT2D eigenvalue weighted by molar-refractivity contribution is -0.133. The fraction of sp³-hybridized carbons (Fsp3) is 0.500. The molecule has 250 valence electrons. The van der Waals surface area contributed by atoms with E-state index >= 15 is 0 Å². The van der Waals surface area contributed by atoms with Crippen molar-refractivity contribution < 1.29 is 28.2 Å². The number of nitrogens with zero attached hydrogens (tertiary/aromatic N) is 4. The number of fused-ring (bicyclic) bond motifs is 2. The number of carbonyl (C=O) groups is 2. The molecule has 2 amide bonds. The van der Waals surface area contributed by atoms with Crippen LogP contribution in [0.1, 0.15) is 65.0 Å². The molecule has 2 aromatic heterocycles. The van der Waals surface area contributed by atoms with E-state index in [9.17, 15) is 14.0 Å². The van der Waals surface area contributed by atoms with Crippen molar-refractivity contribution in [3.05, 3.63) is 58.9 Å². The zero-order chi connectivity index (χ0) is 33.0. The molecule has 11 heteroatoms. The van der Waals surface area contributed by atoms with Gasteiger partial charge in [0.1, 0.15) is 35.2 Å². The monoisotopic (exact) mass is 662 g/mol. The minimum atomic E-state index is -0.520. The van der Waals surface area contributed by atoms with Crippen LogP contribution in [0, 0.1) is 11.7 Å². The Morgan fingerprint density at radius 1 is 1.00 bits per heavy atom. The number of piperidine rings is 2. The van der Waals surface area contributed by atoms with Gasteiger partial charge in [-0.25, -0.2) is 9.18 Å². The molecule has 0 N–H and O–H groups in total. The van der Waals surface area contributed by atoms with Crippen LogP contribution >= 0.6 is 11.3 Å². The van der Waals surface area contributed by atoms with Crippen molar-refractivity contribution >= 4 is 39.0 Å². The molecule has 9 nitrogen and oxygen atoms in total. The number of likely N-dealkylation sites (tertiary alicyclic amines) is 2. The third kappa shape index (κ3) is 8.01. The lowest BCUT2D eigenvalue weighted by Gasteiger charge is -2.37. The molecule has 2 saturated heterocycles. The number of hydrogen-bond acceptors (Lipinski definition) is 8. The molecule has 2 aliphatic heterocycles. The molecule has 0 saturated carbocycles.